The summed E-state index contributed by atoms with van der Waals surface area (Å²) in [7, 11) is 0. The molecule has 9 aromatic carbocycles. The zero-order valence-electron chi connectivity index (χ0n) is 34.9. The molecule has 0 radical (unpaired) electrons. The third-order valence-corrected chi connectivity index (χ3v) is 12.1. The first-order valence-corrected chi connectivity index (χ1v) is 21.6. The molecular formula is C58H43N5. The molecule has 5 heteroatoms. The van der Waals surface area contributed by atoms with Gasteiger partial charge in [0, 0.05) is 22.4 Å². The summed E-state index contributed by atoms with van der Waals surface area (Å²) in [4.78, 5) is 17.4. The van der Waals surface area contributed by atoms with E-state index in [9.17, 15) is 0 Å². The topological polar surface area (TPSA) is 53.9 Å². The predicted octanol–water partition coefficient (Wildman–Crippen LogP) is 15.0. The summed E-state index contributed by atoms with van der Waals surface area (Å²) in [5, 5.41) is 6.10. The molecule has 1 aliphatic heterocycles. The number of benzene rings is 9. The molecular weight excluding hydrogens is 767 g/mol. The van der Waals surface area contributed by atoms with Gasteiger partial charge in [0.05, 0.1) is 11.4 Å². The van der Waals surface area contributed by atoms with Crippen LogP contribution in [0.3, 0.4) is 0 Å². The molecule has 1 aromatic heterocycles. The van der Waals surface area contributed by atoms with Gasteiger partial charge < -0.3 is 10.2 Å². The molecule has 1 atom stereocenters. The van der Waals surface area contributed by atoms with Crippen LogP contribution < -0.4 is 10.2 Å². The molecule has 0 aliphatic carbocycles. The number of hydrogen-bond donors (Lipinski definition) is 1. The van der Waals surface area contributed by atoms with Crippen LogP contribution in [0.25, 0.3) is 89.4 Å². The Bertz CT molecular complexity index is 3220. The largest absolute Gasteiger partial charge is 0.363 e. The molecule has 1 N–H and O–H groups in total. The van der Waals surface area contributed by atoms with E-state index in [-0.39, 0.29) is 6.17 Å². The van der Waals surface area contributed by atoms with E-state index in [2.05, 4.69) is 199 Å². The van der Waals surface area contributed by atoms with Crippen LogP contribution in [0.2, 0.25) is 0 Å². The zero-order valence-corrected chi connectivity index (χ0v) is 34.9. The first-order valence-electron chi connectivity index (χ1n) is 21.6. The highest BCUT2D eigenvalue weighted by atomic mass is 15.3. The van der Waals surface area contributed by atoms with Gasteiger partial charge in [-0.05, 0) is 92.0 Å². The van der Waals surface area contributed by atoms with E-state index in [1.807, 2.05) is 36.4 Å². The number of anilines is 3. The molecule has 1 unspecified atom stereocenters. The van der Waals surface area contributed by atoms with Crippen LogP contribution in [0.4, 0.5) is 17.1 Å². The van der Waals surface area contributed by atoms with Gasteiger partial charge in [-0.25, -0.2) is 15.0 Å². The highest BCUT2D eigenvalue weighted by Crippen LogP contribution is 2.42. The minimum atomic E-state index is 0.234. The van der Waals surface area contributed by atoms with Crippen LogP contribution in [0.15, 0.2) is 218 Å². The van der Waals surface area contributed by atoms with E-state index in [1.165, 1.54) is 61.2 Å². The molecule has 0 bridgehead atoms. The van der Waals surface area contributed by atoms with Gasteiger partial charge in [-0.1, -0.05) is 195 Å². The maximum Gasteiger partial charge on any atom is 0.164 e. The second-order valence-electron chi connectivity index (χ2n) is 16.0. The Hall–Kier alpha value is -8.15. The Morgan fingerprint density at radius 1 is 0.381 bits per heavy atom. The summed E-state index contributed by atoms with van der Waals surface area (Å²) in [6.07, 6.45) is 1.23. The Morgan fingerprint density at radius 3 is 1.43 bits per heavy atom. The van der Waals surface area contributed by atoms with Crippen molar-refractivity contribution in [2.45, 2.75) is 19.5 Å². The molecule has 0 saturated heterocycles. The number of rotatable bonds is 9. The second kappa shape index (κ2) is 16.4. The molecule has 0 saturated carbocycles. The number of fused-ring (bicyclic) bond motifs is 2. The summed E-state index contributed by atoms with van der Waals surface area (Å²) >= 11 is 0. The van der Waals surface area contributed by atoms with E-state index in [4.69, 9.17) is 15.0 Å². The van der Waals surface area contributed by atoms with Crippen molar-refractivity contribution in [3.63, 3.8) is 0 Å². The fourth-order valence-electron chi connectivity index (χ4n) is 8.91. The minimum absolute atomic E-state index is 0.234. The summed E-state index contributed by atoms with van der Waals surface area (Å²) in [5.74, 6) is 1.92. The monoisotopic (exact) mass is 809 g/mol. The lowest BCUT2D eigenvalue weighted by Gasteiger charge is -2.26. The average molecular weight is 810 g/mol. The molecule has 0 spiro atoms. The number of nitrogens with one attached hydrogen (secondary N) is 1. The minimum Gasteiger partial charge on any atom is -0.363 e. The summed E-state index contributed by atoms with van der Waals surface area (Å²) in [6.45, 7) is 2.23. The fourth-order valence-corrected chi connectivity index (χ4v) is 8.91. The standard InChI is InChI=1S/C58H43N5/c1-2-55-59-53-24-9-10-25-54(53)63(55)48-36-34-41(35-37-48)46-18-11-19-47(38-46)50-21-13-22-51-49(20-12-23-52(50)51)42-28-32-45(33-29-42)58-61-56(43-16-7-4-8-17-43)60-57(62-58)44-30-26-40(27-31-44)39-14-5-3-6-15-39/h3-38,55,59H,2H2,1H3. The van der Waals surface area contributed by atoms with Gasteiger partial charge >= 0.3 is 0 Å². The Morgan fingerprint density at radius 2 is 0.810 bits per heavy atom. The van der Waals surface area contributed by atoms with Gasteiger partial charge in [0.1, 0.15) is 6.17 Å². The van der Waals surface area contributed by atoms with Crippen molar-refractivity contribution in [2.24, 2.45) is 0 Å². The third kappa shape index (κ3) is 7.30. The summed E-state index contributed by atoms with van der Waals surface area (Å²) in [5.41, 5.74) is 15.8. The van der Waals surface area contributed by atoms with Crippen LogP contribution in [0, 0.1) is 0 Å². The van der Waals surface area contributed by atoms with Crippen molar-refractivity contribution in [3.8, 4) is 78.7 Å². The Kier molecular flexibility index (Phi) is 9.83. The third-order valence-electron chi connectivity index (χ3n) is 12.1. The van der Waals surface area contributed by atoms with Crippen molar-refractivity contribution >= 4 is 27.8 Å². The molecule has 2 heterocycles. The van der Waals surface area contributed by atoms with Gasteiger partial charge in [0.25, 0.3) is 0 Å². The Labute approximate surface area is 368 Å². The zero-order chi connectivity index (χ0) is 42.1. The molecule has 11 rings (SSSR count). The van der Waals surface area contributed by atoms with E-state index >= 15 is 0 Å². The van der Waals surface area contributed by atoms with Crippen LogP contribution in [-0.4, -0.2) is 21.1 Å². The van der Waals surface area contributed by atoms with Gasteiger partial charge in [-0.15, -0.1) is 0 Å². The van der Waals surface area contributed by atoms with E-state index < -0.39 is 0 Å². The second-order valence-corrected chi connectivity index (χ2v) is 16.0. The summed E-state index contributed by atoms with van der Waals surface area (Å²) < 4.78 is 0. The lowest BCUT2D eigenvalue weighted by atomic mass is 9.91. The maximum absolute atomic E-state index is 5.04. The molecule has 5 nitrogen and oxygen atoms in total. The lowest BCUT2D eigenvalue weighted by molar-refractivity contribution is 0.728. The Balaban J connectivity index is 0.895. The quantitative estimate of drug-likeness (QED) is 0.157. The molecule has 300 valence electrons. The van der Waals surface area contributed by atoms with Gasteiger partial charge in [0.15, 0.2) is 17.5 Å². The smallest absolute Gasteiger partial charge is 0.164 e. The van der Waals surface area contributed by atoms with Crippen molar-refractivity contribution in [1.82, 2.24) is 15.0 Å². The normalized spacial score (nSPS) is 13.2. The number of hydrogen-bond acceptors (Lipinski definition) is 5. The number of aromatic nitrogens is 3. The number of nitrogens with zero attached hydrogens (tertiary/aromatic N) is 4. The van der Waals surface area contributed by atoms with Crippen LogP contribution in [-0.2, 0) is 0 Å². The first kappa shape index (κ1) is 37.8. The van der Waals surface area contributed by atoms with Crippen molar-refractivity contribution in [2.75, 3.05) is 10.2 Å². The van der Waals surface area contributed by atoms with Crippen LogP contribution in [0.5, 0.6) is 0 Å². The van der Waals surface area contributed by atoms with Gasteiger partial charge in [-0.2, -0.15) is 0 Å². The molecule has 0 fully saturated rings. The van der Waals surface area contributed by atoms with E-state index in [0.717, 1.165) is 34.2 Å². The van der Waals surface area contributed by atoms with Gasteiger partial charge in [-0.3, -0.25) is 0 Å². The number of para-hydroxylation sites is 2. The lowest BCUT2D eigenvalue weighted by Crippen LogP contribution is -2.30. The first-order chi connectivity index (χ1) is 31.2. The fraction of sp³-hybridized carbons (Fsp3) is 0.0517. The SMILES string of the molecule is CCC1Nc2ccccc2N1c1ccc(-c2cccc(-c3cccc4c(-c5ccc(-c6nc(-c7ccccc7)nc(-c7ccc(-c8ccccc8)cc7)n6)cc5)cccc34)c2)cc1. The molecule has 10 aromatic rings. The van der Waals surface area contributed by atoms with Gasteiger partial charge in [0.2, 0.25) is 0 Å². The average Bonchev–Trinajstić information content (AvgIpc) is 3.75. The summed E-state index contributed by atoms with van der Waals surface area (Å²) in [6, 6.07) is 77.3. The van der Waals surface area contributed by atoms with Crippen LogP contribution in [0.1, 0.15) is 13.3 Å². The van der Waals surface area contributed by atoms with Crippen molar-refractivity contribution in [3.05, 3.63) is 218 Å². The maximum atomic E-state index is 5.04. The van der Waals surface area contributed by atoms with Crippen LogP contribution >= 0.6 is 0 Å². The molecule has 0 amide bonds. The van der Waals surface area contributed by atoms with E-state index in [1.54, 1.807) is 0 Å². The predicted molar refractivity (Wildman–Crippen MR) is 262 cm³/mol. The highest BCUT2D eigenvalue weighted by Gasteiger charge is 2.28. The van der Waals surface area contributed by atoms with Crippen molar-refractivity contribution in [1.29, 1.82) is 0 Å². The highest BCUT2D eigenvalue weighted by molar-refractivity contribution is 6.05. The van der Waals surface area contributed by atoms with Crippen molar-refractivity contribution < 1.29 is 0 Å². The van der Waals surface area contributed by atoms with E-state index in [0.29, 0.717) is 17.5 Å². The molecule has 63 heavy (non-hydrogen) atoms. The molecule has 1 aliphatic rings.